The van der Waals surface area contributed by atoms with Gasteiger partial charge in [-0.05, 0) is 32.5 Å². The number of aliphatic hydroxyl groups excluding tert-OH is 1. The van der Waals surface area contributed by atoms with Gasteiger partial charge in [-0.2, -0.15) is 0 Å². The summed E-state index contributed by atoms with van der Waals surface area (Å²) in [5.74, 6) is 0. The van der Waals surface area contributed by atoms with Crippen molar-refractivity contribution in [3.8, 4) is 0 Å². The average molecular weight is 271 g/mol. The molecule has 5 nitrogen and oxygen atoms in total. The summed E-state index contributed by atoms with van der Waals surface area (Å²) in [7, 11) is 0. The van der Waals surface area contributed by atoms with Crippen LogP contribution in [0.15, 0.2) is 0 Å². The zero-order valence-electron chi connectivity index (χ0n) is 12.2. The van der Waals surface area contributed by atoms with E-state index in [1.54, 1.807) is 0 Å². The van der Waals surface area contributed by atoms with E-state index < -0.39 is 0 Å². The minimum absolute atomic E-state index is 0.260. The molecule has 2 atom stereocenters. The Morgan fingerprint density at radius 3 is 2.79 bits per heavy atom. The SMILES string of the molecule is CCN1CCOC(CNCC(O)CN2CCCC2)C1. The first kappa shape index (κ1) is 15.2. The minimum Gasteiger partial charge on any atom is -0.390 e. The van der Waals surface area contributed by atoms with Crippen LogP contribution in [-0.4, -0.2) is 86.1 Å². The molecule has 0 amide bonds. The number of likely N-dealkylation sites (N-methyl/N-ethyl adjacent to an activating group) is 1. The quantitative estimate of drug-likeness (QED) is 0.669. The van der Waals surface area contributed by atoms with Crippen molar-refractivity contribution in [2.24, 2.45) is 0 Å². The molecule has 2 aliphatic rings. The van der Waals surface area contributed by atoms with Crippen LogP contribution >= 0.6 is 0 Å². The zero-order valence-corrected chi connectivity index (χ0v) is 12.2. The van der Waals surface area contributed by atoms with Gasteiger partial charge in [0.25, 0.3) is 0 Å². The summed E-state index contributed by atoms with van der Waals surface area (Å²) < 4.78 is 5.73. The standard InChI is InChI=1S/C14H29N3O2/c1-2-16-7-8-19-14(12-16)10-15-9-13(18)11-17-5-3-4-6-17/h13-15,18H,2-12H2,1H3. The monoisotopic (exact) mass is 271 g/mol. The Hall–Kier alpha value is -0.200. The topological polar surface area (TPSA) is 48.0 Å². The molecule has 2 aliphatic heterocycles. The fourth-order valence-corrected chi connectivity index (χ4v) is 2.93. The van der Waals surface area contributed by atoms with E-state index in [0.717, 1.165) is 52.4 Å². The molecule has 2 fully saturated rings. The predicted molar refractivity (Wildman–Crippen MR) is 76.4 cm³/mol. The summed E-state index contributed by atoms with van der Waals surface area (Å²) in [4.78, 5) is 4.76. The molecular formula is C14H29N3O2. The van der Waals surface area contributed by atoms with Crippen LogP contribution in [0.2, 0.25) is 0 Å². The van der Waals surface area contributed by atoms with E-state index in [4.69, 9.17) is 4.74 Å². The maximum atomic E-state index is 9.98. The van der Waals surface area contributed by atoms with Crippen LogP contribution < -0.4 is 5.32 Å². The molecule has 2 saturated heterocycles. The lowest BCUT2D eigenvalue weighted by Gasteiger charge is -2.32. The van der Waals surface area contributed by atoms with Crippen LogP contribution in [0.3, 0.4) is 0 Å². The Balaban J connectivity index is 1.55. The summed E-state index contributed by atoms with van der Waals surface area (Å²) >= 11 is 0. The van der Waals surface area contributed by atoms with E-state index in [9.17, 15) is 5.11 Å². The third-order valence-corrected chi connectivity index (χ3v) is 4.09. The van der Waals surface area contributed by atoms with Gasteiger partial charge in [-0.3, -0.25) is 4.90 Å². The smallest absolute Gasteiger partial charge is 0.0826 e. The number of ether oxygens (including phenoxy) is 1. The van der Waals surface area contributed by atoms with Crippen LogP contribution in [-0.2, 0) is 4.74 Å². The fraction of sp³-hybridized carbons (Fsp3) is 1.00. The Morgan fingerprint density at radius 2 is 2.05 bits per heavy atom. The normalized spacial score (nSPS) is 27.8. The van der Waals surface area contributed by atoms with E-state index in [1.807, 2.05) is 0 Å². The fourth-order valence-electron chi connectivity index (χ4n) is 2.93. The number of likely N-dealkylation sites (tertiary alicyclic amines) is 1. The second-order valence-electron chi connectivity index (χ2n) is 5.71. The van der Waals surface area contributed by atoms with Gasteiger partial charge in [-0.15, -0.1) is 0 Å². The minimum atomic E-state index is -0.260. The molecule has 2 heterocycles. The number of β-amino-alcohol motifs (C(OH)–C–C–N with tert-alkyl or cyclic N) is 1. The molecule has 0 aromatic carbocycles. The van der Waals surface area contributed by atoms with Crippen LogP contribution in [0, 0.1) is 0 Å². The first-order valence-electron chi connectivity index (χ1n) is 7.73. The van der Waals surface area contributed by atoms with Gasteiger partial charge >= 0.3 is 0 Å². The third kappa shape index (κ3) is 5.36. The van der Waals surface area contributed by atoms with Crippen LogP contribution in [0.1, 0.15) is 19.8 Å². The van der Waals surface area contributed by atoms with E-state index in [1.165, 1.54) is 12.8 Å². The molecule has 0 aliphatic carbocycles. The van der Waals surface area contributed by atoms with Crippen molar-refractivity contribution in [1.82, 2.24) is 15.1 Å². The number of nitrogens with zero attached hydrogens (tertiary/aromatic N) is 2. The lowest BCUT2D eigenvalue weighted by molar-refractivity contribution is -0.0264. The Labute approximate surface area is 116 Å². The first-order chi connectivity index (χ1) is 9.28. The second kappa shape index (κ2) is 8.17. The summed E-state index contributed by atoms with van der Waals surface area (Å²) in [6.07, 6.45) is 2.57. The Morgan fingerprint density at radius 1 is 1.26 bits per heavy atom. The third-order valence-electron chi connectivity index (χ3n) is 4.09. The number of hydrogen-bond acceptors (Lipinski definition) is 5. The van der Waals surface area contributed by atoms with Crippen molar-refractivity contribution in [3.63, 3.8) is 0 Å². The molecule has 0 aromatic rings. The Bertz CT molecular complexity index is 247. The molecule has 0 saturated carbocycles. The van der Waals surface area contributed by atoms with Crippen LogP contribution in [0.25, 0.3) is 0 Å². The van der Waals surface area contributed by atoms with Gasteiger partial charge in [-0.25, -0.2) is 0 Å². The van der Waals surface area contributed by atoms with Crippen molar-refractivity contribution < 1.29 is 9.84 Å². The number of nitrogens with one attached hydrogen (secondary N) is 1. The largest absolute Gasteiger partial charge is 0.390 e. The van der Waals surface area contributed by atoms with E-state index in [0.29, 0.717) is 6.54 Å². The van der Waals surface area contributed by atoms with E-state index >= 15 is 0 Å². The number of morpholine rings is 1. The summed E-state index contributed by atoms with van der Waals surface area (Å²) in [5.41, 5.74) is 0. The number of hydrogen-bond donors (Lipinski definition) is 2. The highest BCUT2D eigenvalue weighted by molar-refractivity contribution is 4.75. The maximum absolute atomic E-state index is 9.98. The molecule has 2 unspecified atom stereocenters. The van der Waals surface area contributed by atoms with Gasteiger partial charge < -0.3 is 20.1 Å². The zero-order chi connectivity index (χ0) is 13.5. The van der Waals surface area contributed by atoms with Crippen molar-refractivity contribution in [1.29, 1.82) is 0 Å². The van der Waals surface area contributed by atoms with Crippen molar-refractivity contribution >= 4 is 0 Å². The highest BCUT2D eigenvalue weighted by Crippen LogP contribution is 2.07. The van der Waals surface area contributed by atoms with Gasteiger partial charge in [-0.1, -0.05) is 6.92 Å². The second-order valence-corrected chi connectivity index (χ2v) is 5.71. The molecule has 0 spiro atoms. The molecule has 0 bridgehead atoms. The van der Waals surface area contributed by atoms with Gasteiger partial charge in [0.2, 0.25) is 0 Å². The highest BCUT2D eigenvalue weighted by atomic mass is 16.5. The molecule has 19 heavy (non-hydrogen) atoms. The summed E-state index contributed by atoms with van der Waals surface area (Å²) in [6.45, 7) is 10.8. The predicted octanol–water partition coefficient (Wildman–Crippen LogP) is -0.247. The first-order valence-corrected chi connectivity index (χ1v) is 7.73. The van der Waals surface area contributed by atoms with E-state index in [2.05, 4.69) is 22.0 Å². The highest BCUT2D eigenvalue weighted by Gasteiger charge is 2.20. The van der Waals surface area contributed by atoms with Gasteiger partial charge in [0.15, 0.2) is 0 Å². The van der Waals surface area contributed by atoms with Gasteiger partial charge in [0.1, 0.15) is 0 Å². The van der Waals surface area contributed by atoms with Crippen LogP contribution in [0.4, 0.5) is 0 Å². The van der Waals surface area contributed by atoms with Gasteiger partial charge in [0, 0.05) is 32.7 Å². The van der Waals surface area contributed by atoms with E-state index in [-0.39, 0.29) is 12.2 Å². The summed E-state index contributed by atoms with van der Waals surface area (Å²) in [6, 6.07) is 0. The number of aliphatic hydroxyl groups is 1. The maximum Gasteiger partial charge on any atom is 0.0826 e. The van der Waals surface area contributed by atoms with Crippen molar-refractivity contribution in [3.05, 3.63) is 0 Å². The molecule has 2 N–H and O–H groups in total. The van der Waals surface area contributed by atoms with Crippen LogP contribution in [0.5, 0.6) is 0 Å². The molecule has 0 radical (unpaired) electrons. The number of rotatable bonds is 7. The molecular weight excluding hydrogens is 242 g/mol. The summed E-state index contributed by atoms with van der Waals surface area (Å²) in [5, 5.41) is 13.3. The average Bonchev–Trinajstić information content (AvgIpc) is 2.92. The molecule has 5 heteroatoms. The Kier molecular flexibility index (Phi) is 6.53. The molecule has 0 aromatic heterocycles. The lowest BCUT2D eigenvalue weighted by atomic mass is 10.2. The molecule has 112 valence electrons. The van der Waals surface area contributed by atoms with Crippen molar-refractivity contribution in [2.75, 3.05) is 59.0 Å². The molecule has 2 rings (SSSR count). The van der Waals surface area contributed by atoms with Crippen molar-refractivity contribution in [2.45, 2.75) is 32.0 Å². The lowest BCUT2D eigenvalue weighted by Crippen LogP contribution is -2.47. The van der Waals surface area contributed by atoms with Gasteiger partial charge in [0.05, 0.1) is 18.8 Å².